The number of rotatable bonds is 3. The third-order valence-electron chi connectivity index (χ3n) is 5.29. The van der Waals surface area contributed by atoms with E-state index >= 15 is 0 Å². The van der Waals surface area contributed by atoms with Gasteiger partial charge in [-0.2, -0.15) is 5.10 Å². The predicted octanol–water partition coefficient (Wildman–Crippen LogP) is 2.02. The first kappa shape index (κ1) is 16.1. The van der Waals surface area contributed by atoms with Crippen molar-refractivity contribution in [2.24, 2.45) is 0 Å². The van der Waals surface area contributed by atoms with E-state index < -0.39 is 0 Å². The van der Waals surface area contributed by atoms with Crippen LogP contribution in [-0.2, 0) is 12.8 Å². The maximum absolute atomic E-state index is 12.5. The molecule has 7 heteroatoms. The van der Waals surface area contributed by atoms with E-state index in [2.05, 4.69) is 15.6 Å². The Balaban J connectivity index is 1.37. The van der Waals surface area contributed by atoms with Crippen molar-refractivity contribution in [3.8, 4) is 0 Å². The Labute approximate surface area is 145 Å². The van der Waals surface area contributed by atoms with Gasteiger partial charge in [0.1, 0.15) is 0 Å². The molecule has 25 heavy (non-hydrogen) atoms. The SMILES string of the molecule is O=C(NC1CCC(n2ncccc2=O)CC1)c1onc2c1CCCC2. The highest BCUT2D eigenvalue weighted by Gasteiger charge is 2.28. The molecule has 0 bridgehead atoms. The predicted molar refractivity (Wildman–Crippen MR) is 90.4 cm³/mol. The average Bonchev–Trinajstić information content (AvgIpc) is 3.07. The van der Waals surface area contributed by atoms with Gasteiger partial charge in [-0.25, -0.2) is 4.68 Å². The summed E-state index contributed by atoms with van der Waals surface area (Å²) in [6, 6.07) is 3.41. The van der Waals surface area contributed by atoms with Gasteiger partial charge in [-0.1, -0.05) is 5.16 Å². The van der Waals surface area contributed by atoms with Gasteiger partial charge in [0.05, 0.1) is 11.7 Å². The number of hydrogen-bond donors (Lipinski definition) is 1. The van der Waals surface area contributed by atoms with Gasteiger partial charge in [0.15, 0.2) is 0 Å². The van der Waals surface area contributed by atoms with Crippen LogP contribution in [0.3, 0.4) is 0 Å². The third kappa shape index (κ3) is 3.23. The molecule has 0 aliphatic heterocycles. The minimum Gasteiger partial charge on any atom is -0.350 e. The number of aryl methyl sites for hydroxylation is 1. The number of amides is 1. The Morgan fingerprint density at radius 1 is 1.20 bits per heavy atom. The summed E-state index contributed by atoms with van der Waals surface area (Å²) in [7, 11) is 0. The van der Waals surface area contributed by atoms with Crippen LogP contribution in [0.2, 0.25) is 0 Å². The average molecular weight is 342 g/mol. The molecule has 0 spiro atoms. The quantitative estimate of drug-likeness (QED) is 0.922. The van der Waals surface area contributed by atoms with Gasteiger partial charge in [-0.3, -0.25) is 9.59 Å². The number of fused-ring (bicyclic) bond motifs is 1. The summed E-state index contributed by atoms with van der Waals surface area (Å²) in [6.45, 7) is 0. The minimum absolute atomic E-state index is 0.0664. The molecule has 2 aliphatic rings. The second kappa shape index (κ2) is 6.82. The lowest BCUT2D eigenvalue weighted by atomic mass is 9.91. The molecule has 0 unspecified atom stereocenters. The van der Waals surface area contributed by atoms with Crippen molar-refractivity contribution in [2.75, 3.05) is 0 Å². The van der Waals surface area contributed by atoms with E-state index in [-0.39, 0.29) is 23.6 Å². The summed E-state index contributed by atoms with van der Waals surface area (Å²) in [5, 5.41) is 11.3. The first-order valence-corrected chi connectivity index (χ1v) is 9.04. The normalized spacial score (nSPS) is 23.0. The van der Waals surface area contributed by atoms with E-state index in [1.54, 1.807) is 16.9 Å². The maximum atomic E-state index is 12.5. The molecule has 132 valence electrons. The molecule has 1 amide bonds. The van der Waals surface area contributed by atoms with Crippen LogP contribution in [0.5, 0.6) is 0 Å². The van der Waals surface area contributed by atoms with E-state index in [1.807, 2.05) is 0 Å². The van der Waals surface area contributed by atoms with Gasteiger partial charge in [0, 0.05) is 23.9 Å². The van der Waals surface area contributed by atoms with Gasteiger partial charge < -0.3 is 9.84 Å². The highest BCUT2D eigenvalue weighted by Crippen LogP contribution is 2.28. The Morgan fingerprint density at radius 3 is 2.80 bits per heavy atom. The molecule has 1 saturated carbocycles. The van der Waals surface area contributed by atoms with E-state index in [0.29, 0.717) is 5.76 Å². The Hall–Kier alpha value is -2.44. The highest BCUT2D eigenvalue weighted by atomic mass is 16.5. The van der Waals surface area contributed by atoms with Crippen molar-refractivity contribution in [1.82, 2.24) is 20.3 Å². The molecule has 0 saturated heterocycles. The number of carbonyl (C=O) groups excluding carboxylic acids is 1. The molecule has 2 heterocycles. The molecule has 7 nitrogen and oxygen atoms in total. The Bertz CT molecular complexity index is 818. The van der Waals surface area contributed by atoms with Gasteiger partial charge in [0.25, 0.3) is 11.5 Å². The summed E-state index contributed by atoms with van der Waals surface area (Å²) in [5.74, 6) is 0.229. The van der Waals surface area contributed by atoms with Crippen molar-refractivity contribution in [2.45, 2.75) is 63.5 Å². The Kier molecular flexibility index (Phi) is 4.38. The van der Waals surface area contributed by atoms with Crippen molar-refractivity contribution < 1.29 is 9.32 Å². The first-order chi connectivity index (χ1) is 12.2. The topological polar surface area (TPSA) is 90.0 Å². The van der Waals surface area contributed by atoms with Crippen LogP contribution in [0.4, 0.5) is 0 Å². The zero-order chi connectivity index (χ0) is 17.2. The van der Waals surface area contributed by atoms with E-state index in [1.165, 1.54) is 6.07 Å². The molecular formula is C18H22N4O3. The number of carbonyl (C=O) groups is 1. The van der Waals surface area contributed by atoms with Crippen molar-refractivity contribution in [3.63, 3.8) is 0 Å². The summed E-state index contributed by atoms with van der Waals surface area (Å²) >= 11 is 0. The van der Waals surface area contributed by atoms with Crippen LogP contribution in [0, 0.1) is 0 Å². The van der Waals surface area contributed by atoms with Gasteiger partial charge >= 0.3 is 0 Å². The number of nitrogens with zero attached hydrogens (tertiary/aromatic N) is 3. The molecule has 2 aliphatic carbocycles. The second-order valence-corrected chi connectivity index (χ2v) is 6.93. The van der Waals surface area contributed by atoms with Crippen LogP contribution in [-0.4, -0.2) is 26.9 Å². The molecule has 0 aromatic carbocycles. The number of aromatic nitrogens is 3. The van der Waals surface area contributed by atoms with Crippen molar-refractivity contribution in [1.29, 1.82) is 0 Å². The molecule has 0 radical (unpaired) electrons. The summed E-state index contributed by atoms with van der Waals surface area (Å²) in [6.07, 6.45) is 8.92. The highest BCUT2D eigenvalue weighted by molar-refractivity contribution is 5.93. The largest absolute Gasteiger partial charge is 0.350 e. The second-order valence-electron chi connectivity index (χ2n) is 6.93. The molecular weight excluding hydrogens is 320 g/mol. The smallest absolute Gasteiger partial charge is 0.290 e. The summed E-state index contributed by atoms with van der Waals surface area (Å²) in [4.78, 5) is 24.4. The maximum Gasteiger partial charge on any atom is 0.290 e. The molecule has 4 rings (SSSR count). The van der Waals surface area contributed by atoms with Crippen molar-refractivity contribution in [3.05, 3.63) is 45.7 Å². The summed E-state index contributed by atoms with van der Waals surface area (Å²) < 4.78 is 6.87. The van der Waals surface area contributed by atoms with Gasteiger partial charge in [-0.15, -0.1) is 0 Å². The molecule has 1 fully saturated rings. The lowest BCUT2D eigenvalue weighted by Gasteiger charge is -2.29. The molecule has 1 N–H and O–H groups in total. The van der Waals surface area contributed by atoms with Gasteiger partial charge in [-0.05, 0) is 57.4 Å². The summed E-state index contributed by atoms with van der Waals surface area (Å²) in [5.41, 5.74) is 1.86. The minimum atomic E-state index is -0.158. The van der Waals surface area contributed by atoms with E-state index in [9.17, 15) is 9.59 Å². The zero-order valence-corrected chi connectivity index (χ0v) is 14.1. The van der Waals surface area contributed by atoms with Crippen LogP contribution in [0.15, 0.2) is 27.6 Å². The third-order valence-corrected chi connectivity index (χ3v) is 5.29. The fraction of sp³-hybridized carbons (Fsp3) is 0.556. The Morgan fingerprint density at radius 2 is 2.00 bits per heavy atom. The number of nitrogens with one attached hydrogen (secondary N) is 1. The fourth-order valence-corrected chi connectivity index (χ4v) is 3.93. The fourth-order valence-electron chi connectivity index (χ4n) is 3.93. The van der Waals surface area contributed by atoms with E-state index in [0.717, 1.165) is 62.6 Å². The standard InChI is InChI=1S/C18H22N4O3/c23-16-6-3-11-19-22(16)13-9-7-12(8-10-13)20-18(24)17-14-4-1-2-5-15(14)21-25-17/h3,6,11-13H,1-2,4-5,7-10H2,(H,20,24). The van der Waals surface area contributed by atoms with Crippen LogP contribution in [0.25, 0.3) is 0 Å². The van der Waals surface area contributed by atoms with Gasteiger partial charge in [0.2, 0.25) is 5.76 Å². The monoisotopic (exact) mass is 342 g/mol. The van der Waals surface area contributed by atoms with Crippen molar-refractivity contribution >= 4 is 5.91 Å². The molecule has 0 atom stereocenters. The zero-order valence-electron chi connectivity index (χ0n) is 14.1. The van der Waals surface area contributed by atoms with Crippen LogP contribution in [0.1, 0.15) is 66.4 Å². The van der Waals surface area contributed by atoms with Crippen LogP contribution >= 0.6 is 0 Å². The lowest BCUT2D eigenvalue weighted by molar-refractivity contribution is 0.0882. The van der Waals surface area contributed by atoms with Crippen LogP contribution < -0.4 is 10.9 Å². The van der Waals surface area contributed by atoms with E-state index in [4.69, 9.17) is 4.52 Å². The molecule has 2 aromatic rings. The first-order valence-electron chi connectivity index (χ1n) is 9.04. The molecule has 2 aromatic heterocycles. The lowest BCUT2D eigenvalue weighted by Crippen LogP contribution is -2.39. The number of hydrogen-bond acceptors (Lipinski definition) is 5.